The number of benzene rings is 3. The number of rotatable bonds is 6. The molecule has 3 aromatic carbocycles. The lowest BCUT2D eigenvalue weighted by Gasteiger charge is -2.13. The van der Waals surface area contributed by atoms with E-state index in [9.17, 15) is 9.59 Å². The van der Waals surface area contributed by atoms with Gasteiger partial charge in [-0.2, -0.15) is 0 Å². The minimum atomic E-state index is -0.334. The van der Waals surface area contributed by atoms with E-state index in [2.05, 4.69) is 47.0 Å². The highest BCUT2D eigenvalue weighted by atomic mass is 32.2. The molecule has 0 saturated carbocycles. The minimum Gasteiger partial charge on any atom is -0.325 e. The van der Waals surface area contributed by atoms with Crippen molar-refractivity contribution < 1.29 is 9.59 Å². The zero-order valence-electron chi connectivity index (χ0n) is 17.1. The highest BCUT2D eigenvalue weighted by molar-refractivity contribution is 8.01. The number of hydrogen-bond donors (Lipinski definition) is 2. The monoisotopic (exact) mass is 416 g/mol. The molecule has 4 nitrogen and oxygen atoms in total. The number of fused-ring (bicyclic) bond motifs is 3. The first-order valence-corrected chi connectivity index (χ1v) is 11.0. The van der Waals surface area contributed by atoms with Gasteiger partial charge in [0.2, 0.25) is 11.8 Å². The molecular weight excluding hydrogens is 392 g/mol. The summed E-state index contributed by atoms with van der Waals surface area (Å²) in [7, 11) is 0. The van der Waals surface area contributed by atoms with Crippen LogP contribution in [0.15, 0.2) is 66.7 Å². The van der Waals surface area contributed by atoms with Gasteiger partial charge in [-0.15, -0.1) is 11.8 Å². The molecule has 1 aliphatic rings. The number of hydrogen-bond acceptors (Lipinski definition) is 3. The highest BCUT2D eigenvalue weighted by Gasteiger charge is 2.20. The van der Waals surface area contributed by atoms with Gasteiger partial charge in [-0.1, -0.05) is 48.0 Å². The van der Waals surface area contributed by atoms with Gasteiger partial charge in [0.15, 0.2) is 0 Å². The van der Waals surface area contributed by atoms with E-state index >= 15 is 0 Å². The van der Waals surface area contributed by atoms with Gasteiger partial charge in [0.05, 0.1) is 11.0 Å². The van der Waals surface area contributed by atoms with Crippen molar-refractivity contribution in [1.82, 2.24) is 0 Å². The van der Waals surface area contributed by atoms with Crippen molar-refractivity contribution >= 4 is 35.0 Å². The number of thioether (sulfide) groups is 1. The largest absolute Gasteiger partial charge is 0.325 e. The first kappa shape index (κ1) is 20.2. The number of nitrogens with one attached hydrogen (secondary N) is 2. The summed E-state index contributed by atoms with van der Waals surface area (Å²) in [6.45, 7) is 3.82. The van der Waals surface area contributed by atoms with Crippen LogP contribution in [0.4, 0.5) is 11.4 Å². The van der Waals surface area contributed by atoms with Crippen LogP contribution < -0.4 is 10.6 Å². The van der Waals surface area contributed by atoms with Crippen molar-refractivity contribution in [2.75, 3.05) is 16.4 Å². The molecule has 0 saturated heterocycles. The van der Waals surface area contributed by atoms with Crippen LogP contribution in [0.25, 0.3) is 11.1 Å². The van der Waals surface area contributed by atoms with Crippen LogP contribution in [0.2, 0.25) is 0 Å². The zero-order chi connectivity index (χ0) is 21.1. The third-order valence-electron chi connectivity index (χ3n) is 5.23. The van der Waals surface area contributed by atoms with E-state index in [1.165, 1.54) is 34.0 Å². The van der Waals surface area contributed by atoms with Gasteiger partial charge in [0, 0.05) is 11.4 Å². The fourth-order valence-corrected chi connectivity index (χ4v) is 4.26. The Morgan fingerprint density at radius 2 is 1.60 bits per heavy atom. The Labute approximate surface area is 181 Å². The van der Waals surface area contributed by atoms with E-state index in [0.29, 0.717) is 0 Å². The Balaban J connectivity index is 1.30. The molecule has 0 unspecified atom stereocenters. The molecular formula is C25H24N2O2S. The van der Waals surface area contributed by atoms with Crippen LogP contribution in [0, 0.1) is 6.92 Å². The number of amides is 2. The van der Waals surface area contributed by atoms with E-state index in [0.717, 1.165) is 23.4 Å². The van der Waals surface area contributed by atoms with Crippen LogP contribution in [0.1, 0.15) is 23.6 Å². The molecule has 1 aliphatic carbocycles. The summed E-state index contributed by atoms with van der Waals surface area (Å²) in [4.78, 5) is 24.7. The first-order valence-electron chi connectivity index (χ1n) is 10.00. The van der Waals surface area contributed by atoms with Gasteiger partial charge >= 0.3 is 0 Å². The molecule has 0 radical (unpaired) electrons. The summed E-state index contributed by atoms with van der Waals surface area (Å²) in [5, 5.41) is 5.51. The average molecular weight is 417 g/mol. The van der Waals surface area contributed by atoms with Gasteiger partial charge in [-0.05, 0) is 66.8 Å². The maximum atomic E-state index is 12.6. The lowest BCUT2D eigenvalue weighted by Crippen LogP contribution is -2.25. The lowest BCUT2D eigenvalue weighted by atomic mass is 10.1. The van der Waals surface area contributed by atoms with Gasteiger partial charge in [-0.3, -0.25) is 9.59 Å². The Bertz CT molecular complexity index is 1090. The number of carbonyl (C=O) groups is 2. The van der Waals surface area contributed by atoms with Crippen LogP contribution in [0.3, 0.4) is 0 Å². The van der Waals surface area contributed by atoms with Gasteiger partial charge < -0.3 is 10.6 Å². The Hall–Kier alpha value is -3.05. The van der Waals surface area contributed by atoms with Crippen LogP contribution in [0.5, 0.6) is 0 Å². The molecule has 0 bridgehead atoms. The molecule has 2 N–H and O–H groups in total. The van der Waals surface area contributed by atoms with Crippen molar-refractivity contribution in [3.8, 4) is 11.1 Å². The zero-order valence-corrected chi connectivity index (χ0v) is 17.9. The summed E-state index contributed by atoms with van der Waals surface area (Å²) in [6, 6.07) is 22.1. The fraction of sp³-hybridized carbons (Fsp3) is 0.200. The topological polar surface area (TPSA) is 58.2 Å². The fourth-order valence-electron chi connectivity index (χ4n) is 3.58. The molecule has 0 fully saturated rings. The Kier molecular flexibility index (Phi) is 5.91. The van der Waals surface area contributed by atoms with E-state index in [4.69, 9.17) is 0 Å². The van der Waals surface area contributed by atoms with E-state index < -0.39 is 0 Å². The van der Waals surface area contributed by atoms with Crippen LogP contribution in [-0.2, 0) is 16.0 Å². The van der Waals surface area contributed by atoms with Gasteiger partial charge in [0.25, 0.3) is 0 Å². The predicted molar refractivity (Wildman–Crippen MR) is 125 cm³/mol. The molecule has 152 valence electrons. The number of carbonyl (C=O) groups excluding carboxylic acids is 2. The second kappa shape index (κ2) is 8.76. The lowest BCUT2D eigenvalue weighted by molar-refractivity contribution is -0.115. The predicted octanol–water partition coefficient (Wildman–Crippen LogP) is 5.27. The van der Waals surface area contributed by atoms with E-state index in [1.54, 1.807) is 0 Å². The normalized spacial score (nSPS) is 12.6. The smallest absolute Gasteiger partial charge is 0.237 e. The molecule has 1 atom stereocenters. The Morgan fingerprint density at radius 1 is 0.900 bits per heavy atom. The quantitative estimate of drug-likeness (QED) is 0.450. The van der Waals surface area contributed by atoms with Crippen LogP contribution in [-0.4, -0.2) is 22.8 Å². The van der Waals surface area contributed by atoms with Crippen molar-refractivity contribution in [2.45, 2.75) is 25.5 Å². The number of anilines is 2. The summed E-state index contributed by atoms with van der Waals surface area (Å²) >= 11 is 1.33. The molecule has 5 heteroatoms. The average Bonchev–Trinajstić information content (AvgIpc) is 3.11. The molecule has 0 aliphatic heterocycles. The molecule has 2 amide bonds. The second-order valence-corrected chi connectivity index (χ2v) is 8.89. The van der Waals surface area contributed by atoms with E-state index in [1.807, 2.05) is 44.2 Å². The minimum absolute atomic E-state index is 0.0985. The van der Waals surface area contributed by atoms with Gasteiger partial charge in [-0.25, -0.2) is 0 Å². The second-order valence-electron chi connectivity index (χ2n) is 7.56. The van der Waals surface area contributed by atoms with Crippen molar-refractivity contribution in [3.63, 3.8) is 0 Å². The summed E-state index contributed by atoms with van der Waals surface area (Å²) in [5.74, 6) is 0.0134. The standard InChI is InChI=1S/C25H24N2O2S/c1-16-7-9-20(10-8-16)26-24(28)15-30-17(2)25(29)27-21-11-12-23-19(14-21)13-18-5-3-4-6-22(18)23/h3-12,14,17H,13,15H2,1-2H3,(H,26,28)(H,27,29)/t17-/m0/s1. The SMILES string of the molecule is Cc1ccc(NC(=O)CS[C@@H](C)C(=O)Nc2ccc3c(c2)Cc2ccccc2-3)cc1. The van der Waals surface area contributed by atoms with Gasteiger partial charge in [0.1, 0.15) is 0 Å². The Morgan fingerprint density at radius 3 is 2.40 bits per heavy atom. The maximum absolute atomic E-state index is 12.6. The van der Waals surface area contributed by atoms with Crippen molar-refractivity contribution in [3.05, 3.63) is 83.4 Å². The summed E-state index contributed by atoms with van der Waals surface area (Å²) in [5.41, 5.74) is 7.76. The molecule has 3 aromatic rings. The summed E-state index contributed by atoms with van der Waals surface area (Å²) in [6.07, 6.45) is 0.888. The molecule has 0 aromatic heterocycles. The molecule has 0 spiro atoms. The third kappa shape index (κ3) is 4.57. The van der Waals surface area contributed by atoms with E-state index in [-0.39, 0.29) is 22.8 Å². The molecule has 0 heterocycles. The van der Waals surface area contributed by atoms with Crippen molar-refractivity contribution in [1.29, 1.82) is 0 Å². The third-order valence-corrected chi connectivity index (χ3v) is 6.37. The molecule has 30 heavy (non-hydrogen) atoms. The number of aryl methyl sites for hydroxylation is 1. The molecule has 4 rings (SSSR count). The van der Waals surface area contributed by atoms with Crippen molar-refractivity contribution in [2.24, 2.45) is 0 Å². The van der Waals surface area contributed by atoms with Crippen LogP contribution >= 0.6 is 11.8 Å². The summed E-state index contributed by atoms with van der Waals surface area (Å²) < 4.78 is 0. The maximum Gasteiger partial charge on any atom is 0.237 e. The highest BCUT2D eigenvalue weighted by Crippen LogP contribution is 2.37. The first-order chi connectivity index (χ1) is 14.5.